The summed E-state index contributed by atoms with van der Waals surface area (Å²) in [5.41, 5.74) is 1.42. The fourth-order valence-electron chi connectivity index (χ4n) is 6.74. The number of ether oxygens (including phenoxy) is 2. The lowest BCUT2D eigenvalue weighted by molar-refractivity contribution is -0.169. The number of para-hydroxylation sites is 1. The highest BCUT2D eigenvalue weighted by Crippen LogP contribution is 2.78. The van der Waals surface area contributed by atoms with Crippen molar-refractivity contribution in [3.63, 3.8) is 0 Å². The van der Waals surface area contributed by atoms with Crippen molar-refractivity contribution in [1.29, 1.82) is 0 Å². The molecule has 2 saturated carbocycles. The molecule has 196 valence electrons. The van der Waals surface area contributed by atoms with E-state index in [0.717, 1.165) is 28.8 Å². The van der Waals surface area contributed by atoms with Crippen LogP contribution in [0.3, 0.4) is 0 Å². The van der Waals surface area contributed by atoms with Gasteiger partial charge in [0.25, 0.3) is 0 Å². The minimum absolute atomic E-state index is 0.0990. The van der Waals surface area contributed by atoms with Crippen LogP contribution in [0.4, 0.5) is 5.69 Å². The molecule has 0 aliphatic heterocycles. The predicted octanol–water partition coefficient (Wildman–Crippen LogP) is 6.30. The molecule has 2 aliphatic carbocycles. The van der Waals surface area contributed by atoms with Gasteiger partial charge in [-0.3, -0.25) is 9.59 Å². The Hall–Kier alpha value is -4.38. The van der Waals surface area contributed by atoms with Crippen LogP contribution >= 0.6 is 0 Å². The molecule has 0 spiro atoms. The van der Waals surface area contributed by atoms with E-state index < -0.39 is 22.8 Å². The van der Waals surface area contributed by atoms with Crippen LogP contribution in [0.15, 0.2) is 121 Å². The maximum absolute atomic E-state index is 14.2. The van der Waals surface area contributed by atoms with Crippen LogP contribution in [0.5, 0.6) is 0 Å². The van der Waals surface area contributed by atoms with Gasteiger partial charge in [0.2, 0.25) is 0 Å². The van der Waals surface area contributed by atoms with Crippen LogP contribution in [0.1, 0.15) is 29.5 Å². The maximum Gasteiger partial charge on any atom is 0.325 e. The highest BCUT2D eigenvalue weighted by atomic mass is 16.6. The summed E-state index contributed by atoms with van der Waals surface area (Å²) in [5.74, 6) is -1.27. The molecule has 0 amide bonds. The molecule has 2 aliphatic rings. The number of anilines is 1. The maximum atomic E-state index is 14.2. The molecule has 5 nitrogen and oxygen atoms in total. The van der Waals surface area contributed by atoms with E-state index in [-0.39, 0.29) is 25.2 Å². The Labute approximate surface area is 228 Å². The Morgan fingerprint density at radius 3 is 1.62 bits per heavy atom. The molecule has 5 heteroatoms. The molecule has 0 aromatic heterocycles. The van der Waals surface area contributed by atoms with Gasteiger partial charge in [0.05, 0.1) is 0 Å². The summed E-state index contributed by atoms with van der Waals surface area (Å²) in [5, 5.41) is 3.67. The van der Waals surface area contributed by atoms with Crippen molar-refractivity contribution in [1.82, 2.24) is 0 Å². The Balaban J connectivity index is 1.39. The number of rotatable bonds is 9. The van der Waals surface area contributed by atoms with E-state index in [0.29, 0.717) is 6.42 Å². The first-order valence-corrected chi connectivity index (χ1v) is 13.5. The average Bonchev–Trinajstić information content (AvgIpc) is 3.46. The van der Waals surface area contributed by atoms with Crippen LogP contribution < -0.4 is 5.32 Å². The van der Waals surface area contributed by atoms with E-state index in [2.05, 4.69) is 5.32 Å². The number of benzene rings is 4. The summed E-state index contributed by atoms with van der Waals surface area (Å²) < 4.78 is 11.9. The molecule has 0 radical (unpaired) electrons. The quantitative estimate of drug-likeness (QED) is 0.208. The molecule has 4 aromatic rings. The molecule has 3 atom stereocenters. The number of esters is 2. The zero-order valence-corrected chi connectivity index (χ0v) is 21.7. The Bertz CT molecular complexity index is 1370. The fourth-order valence-corrected chi connectivity index (χ4v) is 6.74. The smallest absolute Gasteiger partial charge is 0.325 e. The van der Waals surface area contributed by atoms with Crippen molar-refractivity contribution in [3.05, 3.63) is 138 Å². The van der Waals surface area contributed by atoms with Crippen LogP contribution in [0.2, 0.25) is 0 Å². The van der Waals surface area contributed by atoms with E-state index in [1.165, 1.54) is 0 Å². The van der Waals surface area contributed by atoms with Gasteiger partial charge in [-0.15, -0.1) is 0 Å². The second-order valence-corrected chi connectivity index (χ2v) is 10.4. The second kappa shape index (κ2) is 10.4. The van der Waals surface area contributed by atoms with Gasteiger partial charge < -0.3 is 14.8 Å². The van der Waals surface area contributed by atoms with Crippen molar-refractivity contribution in [2.24, 2.45) is 11.3 Å². The predicted molar refractivity (Wildman–Crippen MR) is 150 cm³/mol. The number of nitrogens with one attached hydrogen (secondary N) is 1. The Kier molecular flexibility index (Phi) is 6.65. The summed E-state index contributed by atoms with van der Waals surface area (Å²) in [6, 6.07) is 38.8. The number of carbonyl (C=O) groups excluding carboxylic acids is 2. The summed E-state index contributed by atoms with van der Waals surface area (Å²) in [4.78, 5) is 28.4. The van der Waals surface area contributed by atoms with E-state index in [4.69, 9.17) is 9.47 Å². The van der Waals surface area contributed by atoms with E-state index >= 15 is 0 Å². The van der Waals surface area contributed by atoms with Gasteiger partial charge in [-0.25, -0.2) is 0 Å². The molecule has 39 heavy (non-hydrogen) atoms. The van der Waals surface area contributed by atoms with Gasteiger partial charge in [0.1, 0.15) is 13.2 Å². The van der Waals surface area contributed by atoms with E-state index in [1.807, 2.05) is 121 Å². The SMILES string of the molecule is O=C(OCc1ccccc1)C1(C(=O)OCc2ccccc2)[C@@H]2CC[C@H](Nc3ccccc3)[C@@]21c1ccccc1. The van der Waals surface area contributed by atoms with Gasteiger partial charge in [0, 0.05) is 23.1 Å². The van der Waals surface area contributed by atoms with Crippen molar-refractivity contribution in [2.45, 2.75) is 37.5 Å². The minimum atomic E-state index is -1.44. The second-order valence-electron chi connectivity index (χ2n) is 10.4. The molecular formula is C34H31NO4. The lowest BCUT2D eigenvalue weighted by atomic mass is 9.79. The highest BCUT2D eigenvalue weighted by molar-refractivity contribution is 6.08. The summed E-state index contributed by atoms with van der Waals surface area (Å²) >= 11 is 0. The summed E-state index contributed by atoms with van der Waals surface area (Å²) in [6.45, 7) is 0.198. The number of fused-ring (bicyclic) bond motifs is 1. The van der Waals surface area contributed by atoms with Crippen molar-refractivity contribution in [2.75, 3.05) is 5.32 Å². The third kappa shape index (κ3) is 4.19. The van der Waals surface area contributed by atoms with Crippen LogP contribution in [-0.2, 0) is 37.7 Å². The minimum Gasteiger partial charge on any atom is -0.460 e. The molecule has 6 rings (SSSR count). The summed E-state index contributed by atoms with van der Waals surface area (Å²) in [6.07, 6.45) is 1.54. The van der Waals surface area contributed by atoms with Crippen LogP contribution in [0.25, 0.3) is 0 Å². The topological polar surface area (TPSA) is 64.6 Å². The van der Waals surface area contributed by atoms with Gasteiger partial charge in [-0.1, -0.05) is 109 Å². The molecule has 0 bridgehead atoms. The molecule has 2 fully saturated rings. The zero-order valence-electron chi connectivity index (χ0n) is 21.7. The number of hydrogen-bond donors (Lipinski definition) is 1. The van der Waals surface area contributed by atoms with Crippen LogP contribution in [-0.4, -0.2) is 18.0 Å². The third-order valence-electron chi connectivity index (χ3n) is 8.37. The first kappa shape index (κ1) is 24.9. The molecule has 0 saturated heterocycles. The first-order chi connectivity index (χ1) is 19.2. The van der Waals surface area contributed by atoms with Crippen molar-refractivity contribution < 1.29 is 19.1 Å². The van der Waals surface area contributed by atoms with E-state index in [9.17, 15) is 9.59 Å². The molecular weight excluding hydrogens is 486 g/mol. The van der Waals surface area contributed by atoms with Gasteiger partial charge in [-0.05, 0) is 41.7 Å². The third-order valence-corrected chi connectivity index (χ3v) is 8.37. The van der Waals surface area contributed by atoms with Gasteiger partial charge in [-0.2, -0.15) is 0 Å². The first-order valence-electron chi connectivity index (χ1n) is 13.5. The van der Waals surface area contributed by atoms with Gasteiger partial charge in [0.15, 0.2) is 5.41 Å². The Morgan fingerprint density at radius 2 is 1.10 bits per heavy atom. The van der Waals surface area contributed by atoms with Gasteiger partial charge >= 0.3 is 11.9 Å². The normalized spacial score (nSPS) is 22.4. The molecule has 0 heterocycles. The average molecular weight is 518 g/mol. The highest BCUT2D eigenvalue weighted by Gasteiger charge is 2.90. The standard InChI is InChI=1S/C34H31NO4/c36-31(38-23-25-13-5-1-6-14-25)34(32(37)39-24-26-15-7-2-8-16-26)29-21-22-30(35-28-19-11-4-12-20-28)33(29,34)27-17-9-3-10-18-27/h1-20,29-30,35H,21-24H2/t29-,30+,33-/m1/s1. The molecule has 0 unspecified atom stereocenters. The van der Waals surface area contributed by atoms with E-state index in [1.54, 1.807) is 0 Å². The molecule has 4 aromatic carbocycles. The number of hydrogen-bond acceptors (Lipinski definition) is 5. The Morgan fingerprint density at radius 1 is 0.641 bits per heavy atom. The lowest BCUT2D eigenvalue weighted by Crippen LogP contribution is -2.45. The van der Waals surface area contributed by atoms with Crippen molar-refractivity contribution >= 4 is 17.6 Å². The number of carbonyl (C=O) groups is 2. The van der Waals surface area contributed by atoms with Crippen molar-refractivity contribution in [3.8, 4) is 0 Å². The monoisotopic (exact) mass is 517 g/mol. The molecule has 1 N–H and O–H groups in total. The zero-order chi connectivity index (χ0) is 26.7. The fraction of sp³-hybridized carbons (Fsp3) is 0.235. The largest absolute Gasteiger partial charge is 0.460 e. The van der Waals surface area contributed by atoms with Crippen LogP contribution in [0, 0.1) is 11.3 Å². The summed E-state index contributed by atoms with van der Waals surface area (Å²) in [7, 11) is 0. The lowest BCUT2D eigenvalue weighted by Gasteiger charge is -2.32.